The minimum Gasteiger partial charge on any atom is -0.337 e. The van der Waals surface area contributed by atoms with E-state index in [1.807, 2.05) is 11.9 Å². The SMILES string of the molecule is C=CCN1CC(C)(C)CN(C)C(CN)C1=O. The van der Waals surface area contributed by atoms with E-state index in [4.69, 9.17) is 5.73 Å². The van der Waals surface area contributed by atoms with Crippen molar-refractivity contribution in [3.8, 4) is 0 Å². The van der Waals surface area contributed by atoms with Crippen LogP contribution in [0.4, 0.5) is 0 Å². The molecule has 92 valence electrons. The molecule has 1 fully saturated rings. The number of nitrogens with zero attached hydrogens (tertiary/aromatic N) is 2. The summed E-state index contributed by atoms with van der Waals surface area (Å²) in [7, 11) is 1.97. The molecule has 0 aromatic carbocycles. The maximum atomic E-state index is 12.2. The fraction of sp³-hybridized carbons (Fsp3) is 0.750. The summed E-state index contributed by atoms with van der Waals surface area (Å²) in [5.41, 5.74) is 5.78. The summed E-state index contributed by atoms with van der Waals surface area (Å²) >= 11 is 0. The molecular weight excluding hydrogens is 202 g/mol. The zero-order valence-electron chi connectivity index (χ0n) is 10.6. The van der Waals surface area contributed by atoms with Gasteiger partial charge >= 0.3 is 0 Å². The molecule has 0 aromatic heterocycles. The van der Waals surface area contributed by atoms with Crippen LogP contribution in [0.1, 0.15) is 13.8 Å². The van der Waals surface area contributed by atoms with Gasteiger partial charge in [0, 0.05) is 26.2 Å². The van der Waals surface area contributed by atoms with Crippen LogP contribution in [-0.4, -0.2) is 55.0 Å². The summed E-state index contributed by atoms with van der Waals surface area (Å²) in [4.78, 5) is 16.1. The van der Waals surface area contributed by atoms with Crippen LogP contribution < -0.4 is 5.73 Å². The first-order valence-corrected chi connectivity index (χ1v) is 5.71. The molecule has 1 atom stereocenters. The van der Waals surface area contributed by atoms with Crippen molar-refractivity contribution in [3.05, 3.63) is 12.7 Å². The number of carbonyl (C=O) groups excluding carboxylic acids is 1. The Labute approximate surface area is 98.1 Å². The molecule has 2 N–H and O–H groups in total. The molecule has 1 amide bonds. The highest BCUT2D eigenvalue weighted by Gasteiger charge is 2.36. The minimum atomic E-state index is -0.193. The van der Waals surface area contributed by atoms with Crippen LogP contribution in [0.5, 0.6) is 0 Å². The Morgan fingerprint density at radius 3 is 2.69 bits per heavy atom. The van der Waals surface area contributed by atoms with E-state index in [1.165, 1.54) is 0 Å². The standard InChI is InChI=1S/C12H23N3O/c1-5-6-15-9-12(2,3)8-14(4)10(7-13)11(15)16/h5,10H,1,6-9,13H2,2-4H3. The predicted octanol–water partition coefficient (Wildman–Crippen LogP) is 0.300. The fourth-order valence-electron chi connectivity index (χ4n) is 2.42. The van der Waals surface area contributed by atoms with Crippen LogP contribution in [-0.2, 0) is 4.79 Å². The molecule has 0 saturated carbocycles. The summed E-state index contributed by atoms with van der Waals surface area (Å²) in [5, 5.41) is 0. The monoisotopic (exact) mass is 225 g/mol. The zero-order valence-corrected chi connectivity index (χ0v) is 10.6. The molecule has 0 radical (unpaired) electrons. The topological polar surface area (TPSA) is 49.6 Å². The van der Waals surface area contributed by atoms with Crippen LogP contribution >= 0.6 is 0 Å². The van der Waals surface area contributed by atoms with Gasteiger partial charge in [-0.15, -0.1) is 6.58 Å². The number of hydrogen-bond donors (Lipinski definition) is 1. The molecule has 4 heteroatoms. The molecule has 0 aromatic rings. The van der Waals surface area contributed by atoms with Crippen LogP contribution in [0.2, 0.25) is 0 Å². The van der Waals surface area contributed by atoms with E-state index in [-0.39, 0.29) is 17.4 Å². The molecule has 16 heavy (non-hydrogen) atoms. The van der Waals surface area contributed by atoms with Crippen LogP contribution in [0, 0.1) is 5.41 Å². The normalized spacial score (nSPS) is 26.6. The Kier molecular flexibility index (Phi) is 4.10. The lowest BCUT2D eigenvalue weighted by atomic mass is 9.92. The highest BCUT2D eigenvalue weighted by molar-refractivity contribution is 5.82. The van der Waals surface area contributed by atoms with Crippen molar-refractivity contribution in [2.45, 2.75) is 19.9 Å². The molecule has 1 aliphatic heterocycles. The highest BCUT2D eigenvalue weighted by atomic mass is 16.2. The van der Waals surface area contributed by atoms with E-state index < -0.39 is 0 Å². The van der Waals surface area contributed by atoms with Gasteiger partial charge < -0.3 is 10.6 Å². The Morgan fingerprint density at radius 2 is 2.19 bits per heavy atom. The minimum absolute atomic E-state index is 0.0946. The third kappa shape index (κ3) is 2.83. The molecule has 1 heterocycles. The number of likely N-dealkylation sites (N-methyl/N-ethyl adjacent to an activating group) is 1. The van der Waals surface area contributed by atoms with Crippen molar-refractivity contribution < 1.29 is 4.79 Å². The molecule has 0 spiro atoms. The lowest BCUT2D eigenvalue weighted by Crippen LogP contribution is -2.48. The van der Waals surface area contributed by atoms with E-state index in [0.29, 0.717) is 13.1 Å². The van der Waals surface area contributed by atoms with Gasteiger partial charge in [0.05, 0.1) is 0 Å². The average Bonchev–Trinajstić information content (AvgIpc) is 2.23. The number of nitrogens with two attached hydrogens (primary N) is 1. The van der Waals surface area contributed by atoms with Gasteiger partial charge in [-0.2, -0.15) is 0 Å². The number of carbonyl (C=O) groups is 1. The Morgan fingerprint density at radius 1 is 1.56 bits per heavy atom. The summed E-state index contributed by atoms with van der Waals surface area (Å²) in [6.45, 7) is 10.7. The number of amides is 1. The summed E-state index contributed by atoms with van der Waals surface area (Å²) < 4.78 is 0. The molecule has 4 nitrogen and oxygen atoms in total. The summed E-state index contributed by atoms with van der Waals surface area (Å²) in [6, 6.07) is -0.193. The molecule has 0 aliphatic carbocycles. The van der Waals surface area contributed by atoms with Gasteiger partial charge in [-0.25, -0.2) is 0 Å². The van der Waals surface area contributed by atoms with Crippen molar-refractivity contribution in [1.29, 1.82) is 0 Å². The van der Waals surface area contributed by atoms with Gasteiger partial charge in [0.2, 0.25) is 5.91 Å². The number of rotatable bonds is 3. The lowest BCUT2D eigenvalue weighted by molar-refractivity contribution is -0.134. The second kappa shape index (κ2) is 4.97. The van der Waals surface area contributed by atoms with Crippen molar-refractivity contribution >= 4 is 5.91 Å². The van der Waals surface area contributed by atoms with E-state index >= 15 is 0 Å². The van der Waals surface area contributed by atoms with Crippen LogP contribution in [0.3, 0.4) is 0 Å². The van der Waals surface area contributed by atoms with E-state index in [9.17, 15) is 4.79 Å². The van der Waals surface area contributed by atoms with Gasteiger partial charge in [0.1, 0.15) is 6.04 Å². The molecule has 1 rings (SSSR count). The Balaban J connectivity index is 2.94. The molecule has 1 aliphatic rings. The molecule has 1 saturated heterocycles. The van der Waals surface area contributed by atoms with E-state index in [2.05, 4.69) is 25.3 Å². The van der Waals surface area contributed by atoms with Gasteiger partial charge in [0.25, 0.3) is 0 Å². The summed E-state index contributed by atoms with van der Waals surface area (Å²) in [5.74, 6) is 0.121. The first-order chi connectivity index (χ1) is 7.41. The third-order valence-corrected chi connectivity index (χ3v) is 3.00. The molecular formula is C12H23N3O. The highest BCUT2D eigenvalue weighted by Crippen LogP contribution is 2.23. The quantitative estimate of drug-likeness (QED) is 0.703. The fourth-order valence-corrected chi connectivity index (χ4v) is 2.42. The second-order valence-corrected chi connectivity index (χ2v) is 5.34. The maximum absolute atomic E-state index is 12.2. The van der Waals surface area contributed by atoms with Crippen molar-refractivity contribution in [2.24, 2.45) is 11.1 Å². The van der Waals surface area contributed by atoms with Crippen molar-refractivity contribution in [3.63, 3.8) is 0 Å². The van der Waals surface area contributed by atoms with Crippen molar-refractivity contribution in [1.82, 2.24) is 9.80 Å². The van der Waals surface area contributed by atoms with Crippen molar-refractivity contribution in [2.75, 3.05) is 33.2 Å². The first kappa shape index (κ1) is 13.2. The van der Waals surface area contributed by atoms with E-state index in [1.54, 1.807) is 6.08 Å². The van der Waals surface area contributed by atoms with Crippen LogP contribution in [0.25, 0.3) is 0 Å². The van der Waals surface area contributed by atoms with Gasteiger partial charge in [-0.3, -0.25) is 9.69 Å². The lowest BCUT2D eigenvalue weighted by Gasteiger charge is -2.29. The average molecular weight is 225 g/mol. The Hall–Kier alpha value is -0.870. The largest absolute Gasteiger partial charge is 0.337 e. The van der Waals surface area contributed by atoms with Crippen LogP contribution in [0.15, 0.2) is 12.7 Å². The zero-order chi connectivity index (χ0) is 12.3. The Bertz CT molecular complexity index is 275. The van der Waals surface area contributed by atoms with Gasteiger partial charge in [0.15, 0.2) is 0 Å². The van der Waals surface area contributed by atoms with E-state index in [0.717, 1.165) is 13.1 Å². The third-order valence-electron chi connectivity index (χ3n) is 3.00. The van der Waals surface area contributed by atoms with Gasteiger partial charge in [-0.05, 0) is 12.5 Å². The predicted molar refractivity (Wildman–Crippen MR) is 66.0 cm³/mol. The second-order valence-electron chi connectivity index (χ2n) is 5.34. The first-order valence-electron chi connectivity index (χ1n) is 5.71. The molecule has 1 unspecified atom stereocenters. The maximum Gasteiger partial charge on any atom is 0.241 e. The van der Waals surface area contributed by atoms with Gasteiger partial charge in [-0.1, -0.05) is 19.9 Å². The number of hydrogen-bond acceptors (Lipinski definition) is 3. The summed E-state index contributed by atoms with van der Waals surface area (Å²) in [6.07, 6.45) is 1.77. The smallest absolute Gasteiger partial charge is 0.241 e. The molecule has 0 bridgehead atoms.